The van der Waals surface area contributed by atoms with Crippen LogP contribution in [-0.4, -0.2) is 18.3 Å². The maximum atomic E-state index is 12.1. The van der Waals surface area contributed by atoms with Crippen LogP contribution < -0.4 is 10.1 Å². The summed E-state index contributed by atoms with van der Waals surface area (Å²) in [7, 11) is 0. The van der Waals surface area contributed by atoms with Crippen LogP contribution in [-0.2, 0) is 4.79 Å². The van der Waals surface area contributed by atoms with E-state index in [9.17, 15) is 9.59 Å². The van der Waals surface area contributed by atoms with Gasteiger partial charge in [0.15, 0.2) is 12.4 Å². The van der Waals surface area contributed by atoms with Crippen molar-refractivity contribution in [3.63, 3.8) is 0 Å². The maximum Gasteiger partial charge on any atom is 0.226 e. The number of ketones is 1. The van der Waals surface area contributed by atoms with E-state index in [0.29, 0.717) is 17.0 Å². The molecule has 0 spiro atoms. The van der Waals surface area contributed by atoms with Gasteiger partial charge >= 0.3 is 0 Å². The number of hydrogen-bond donors (Lipinski definition) is 1. The fourth-order valence-electron chi connectivity index (χ4n) is 1.81. The number of amides is 1. The van der Waals surface area contributed by atoms with Crippen LogP contribution in [0.25, 0.3) is 0 Å². The molecule has 0 aromatic heterocycles. The summed E-state index contributed by atoms with van der Waals surface area (Å²) in [5.74, 6) is 0.361. The summed E-state index contributed by atoms with van der Waals surface area (Å²) in [5.41, 5.74) is 1.21. The van der Waals surface area contributed by atoms with E-state index in [0.717, 1.165) is 4.47 Å². The molecule has 2 aromatic carbocycles. The summed E-state index contributed by atoms with van der Waals surface area (Å²) in [6.45, 7) is 3.61. The van der Waals surface area contributed by atoms with E-state index < -0.39 is 0 Å². The number of halogens is 1. The van der Waals surface area contributed by atoms with E-state index in [2.05, 4.69) is 21.2 Å². The van der Waals surface area contributed by atoms with Crippen molar-refractivity contribution in [2.24, 2.45) is 5.92 Å². The van der Waals surface area contributed by atoms with Crippen LogP contribution in [0.2, 0.25) is 0 Å². The molecule has 0 aliphatic carbocycles. The third-order valence-electron chi connectivity index (χ3n) is 3.19. The predicted octanol–water partition coefficient (Wildman–Crippen LogP) is 4.31. The molecule has 23 heavy (non-hydrogen) atoms. The Morgan fingerprint density at radius 1 is 1.09 bits per heavy atom. The zero-order valence-electron chi connectivity index (χ0n) is 13.0. The second-order valence-electron chi connectivity index (χ2n) is 5.36. The Bertz CT molecular complexity index is 696. The molecule has 1 amide bonds. The number of para-hydroxylation sites is 1. The molecule has 4 nitrogen and oxygen atoms in total. The summed E-state index contributed by atoms with van der Waals surface area (Å²) in [5, 5.41) is 2.79. The van der Waals surface area contributed by atoms with E-state index in [1.807, 2.05) is 32.0 Å². The molecule has 2 aromatic rings. The van der Waals surface area contributed by atoms with Crippen molar-refractivity contribution in [3.8, 4) is 5.75 Å². The zero-order chi connectivity index (χ0) is 16.8. The van der Waals surface area contributed by atoms with Crippen LogP contribution in [0.15, 0.2) is 53.0 Å². The number of nitrogens with one attached hydrogen (secondary N) is 1. The van der Waals surface area contributed by atoms with Crippen molar-refractivity contribution in [2.75, 3.05) is 11.9 Å². The van der Waals surface area contributed by atoms with Crippen LogP contribution in [0.1, 0.15) is 24.2 Å². The highest BCUT2D eigenvalue weighted by Crippen LogP contribution is 2.24. The molecule has 0 aliphatic rings. The Hall–Kier alpha value is -2.14. The van der Waals surface area contributed by atoms with Crippen LogP contribution in [0.4, 0.5) is 5.69 Å². The van der Waals surface area contributed by atoms with Gasteiger partial charge in [-0.05, 0) is 52.3 Å². The van der Waals surface area contributed by atoms with Gasteiger partial charge in [0.2, 0.25) is 5.91 Å². The third kappa shape index (κ3) is 4.93. The molecule has 0 saturated carbocycles. The van der Waals surface area contributed by atoms with Gasteiger partial charge in [0.05, 0.1) is 4.47 Å². The molecule has 0 radical (unpaired) electrons. The topological polar surface area (TPSA) is 55.4 Å². The number of benzene rings is 2. The third-order valence-corrected chi connectivity index (χ3v) is 3.85. The van der Waals surface area contributed by atoms with E-state index >= 15 is 0 Å². The maximum absolute atomic E-state index is 12.1. The average molecular weight is 376 g/mol. The van der Waals surface area contributed by atoms with Gasteiger partial charge in [0.1, 0.15) is 5.75 Å². The largest absolute Gasteiger partial charge is 0.484 e. The molecule has 0 saturated heterocycles. The SMILES string of the molecule is CC(C)C(=O)Nc1ccc(C(=O)COc2ccccc2Br)cc1. The Morgan fingerprint density at radius 3 is 2.35 bits per heavy atom. The first-order valence-corrected chi connectivity index (χ1v) is 8.08. The van der Waals surface area contributed by atoms with Crippen LogP contribution in [0.3, 0.4) is 0 Å². The smallest absolute Gasteiger partial charge is 0.226 e. The first-order valence-electron chi connectivity index (χ1n) is 7.29. The number of Topliss-reactive ketones (excluding diaryl/α,β-unsaturated/α-hetero) is 1. The van der Waals surface area contributed by atoms with Gasteiger partial charge in [0.25, 0.3) is 0 Å². The van der Waals surface area contributed by atoms with Gasteiger partial charge < -0.3 is 10.1 Å². The average Bonchev–Trinajstić information content (AvgIpc) is 2.54. The minimum atomic E-state index is -0.123. The molecule has 1 N–H and O–H groups in total. The summed E-state index contributed by atoms with van der Waals surface area (Å²) in [4.78, 5) is 23.8. The number of rotatable bonds is 6. The number of ether oxygens (including phenoxy) is 1. The first kappa shape index (κ1) is 17.2. The molecule has 0 fully saturated rings. The van der Waals surface area contributed by atoms with Crippen molar-refractivity contribution in [3.05, 3.63) is 58.6 Å². The van der Waals surface area contributed by atoms with Crippen molar-refractivity contribution >= 4 is 33.3 Å². The summed E-state index contributed by atoms with van der Waals surface area (Å²) < 4.78 is 6.32. The van der Waals surface area contributed by atoms with Crippen LogP contribution >= 0.6 is 15.9 Å². The van der Waals surface area contributed by atoms with E-state index in [-0.39, 0.29) is 24.2 Å². The predicted molar refractivity (Wildman–Crippen MR) is 93.9 cm³/mol. The minimum absolute atomic E-state index is 0.0414. The molecular weight excluding hydrogens is 358 g/mol. The Labute approximate surface area is 144 Å². The van der Waals surface area contributed by atoms with Gasteiger partial charge in [-0.25, -0.2) is 0 Å². The molecule has 5 heteroatoms. The van der Waals surface area contributed by atoms with Gasteiger partial charge in [-0.3, -0.25) is 9.59 Å². The van der Waals surface area contributed by atoms with Crippen molar-refractivity contribution in [2.45, 2.75) is 13.8 Å². The minimum Gasteiger partial charge on any atom is -0.484 e. The lowest BCUT2D eigenvalue weighted by atomic mass is 10.1. The highest BCUT2D eigenvalue weighted by atomic mass is 79.9. The number of carbonyl (C=O) groups excluding carboxylic acids is 2. The lowest BCUT2D eigenvalue weighted by molar-refractivity contribution is -0.118. The van der Waals surface area contributed by atoms with Gasteiger partial charge in [-0.2, -0.15) is 0 Å². The fourth-order valence-corrected chi connectivity index (χ4v) is 2.21. The molecule has 0 unspecified atom stereocenters. The van der Waals surface area contributed by atoms with Gasteiger partial charge in [0, 0.05) is 17.2 Å². The van der Waals surface area contributed by atoms with Crippen molar-refractivity contribution < 1.29 is 14.3 Å². The fraction of sp³-hybridized carbons (Fsp3) is 0.222. The molecular formula is C18H18BrNO3. The lowest BCUT2D eigenvalue weighted by Gasteiger charge is -2.09. The van der Waals surface area contributed by atoms with Crippen LogP contribution in [0.5, 0.6) is 5.75 Å². The van der Waals surface area contributed by atoms with Gasteiger partial charge in [-0.1, -0.05) is 26.0 Å². The van der Waals surface area contributed by atoms with Crippen LogP contribution in [0, 0.1) is 5.92 Å². The molecule has 120 valence electrons. The van der Waals surface area contributed by atoms with Crippen molar-refractivity contribution in [1.82, 2.24) is 0 Å². The number of hydrogen-bond acceptors (Lipinski definition) is 3. The number of anilines is 1. The Balaban J connectivity index is 1.95. The molecule has 0 atom stereocenters. The molecule has 2 rings (SSSR count). The Kier molecular flexibility index (Phi) is 5.93. The first-order chi connectivity index (χ1) is 11.0. The van der Waals surface area contributed by atoms with E-state index in [1.54, 1.807) is 30.3 Å². The van der Waals surface area contributed by atoms with E-state index in [4.69, 9.17) is 4.74 Å². The second kappa shape index (κ2) is 7.92. The number of carbonyl (C=O) groups is 2. The molecule has 0 bridgehead atoms. The lowest BCUT2D eigenvalue weighted by Crippen LogP contribution is -2.18. The normalized spacial score (nSPS) is 10.4. The monoisotopic (exact) mass is 375 g/mol. The quantitative estimate of drug-likeness (QED) is 0.765. The standard InChI is InChI=1S/C18H18BrNO3/c1-12(2)18(22)20-14-9-7-13(8-10-14)16(21)11-23-17-6-4-3-5-15(17)19/h3-10,12H,11H2,1-2H3,(H,20,22). The summed E-state index contributed by atoms with van der Waals surface area (Å²) in [6, 6.07) is 14.2. The highest BCUT2D eigenvalue weighted by molar-refractivity contribution is 9.10. The van der Waals surface area contributed by atoms with Crippen molar-refractivity contribution in [1.29, 1.82) is 0 Å². The highest BCUT2D eigenvalue weighted by Gasteiger charge is 2.10. The van der Waals surface area contributed by atoms with E-state index in [1.165, 1.54) is 0 Å². The second-order valence-corrected chi connectivity index (χ2v) is 6.22. The zero-order valence-corrected chi connectivity index (χ0v) is 14.6. The Morgan fingerprint density at radius 2 is 1.74 bits per heavy atom. The van der Waals surface area contributed by atoms with Gasteiger partial charge in [-0.15, -0.1) is 0 Å². The molecule has 0 heterocycles. The summed E-state index contributed by atoms with van der Waals surface area (Å²) in [6.07, 6.45) is 0. The molecule has 0 aliphatic heterocycles. The summed E-state index contributed by atoms with van der Waals surface area (Å²) >= 11 is 3.37.